The zero-order valence-corrected chi connectivity index (χ0v) is 21.9. The lowest BCUT2D eigenvalue weighted by atomic mass is 10.1. The van der Waals surface area contributed by atoms with E-state index in [1.807, 2.05) is 36.4 Å². The van der Waals surface area contributed by atoms with E-state index >= 15 is 0 Å². The predicted octanol–water partition coefficient (Wildman–Crippen LogP) is 6.91. The molecule has 37 heavy (non-hydrogen) atoms. The summed E-state index contributed by atoms with van der Waals surface area (Å²) < 4.78 is 25.0. The highest BCUT2D eigenvalue weighted by Gasteiger charge is 2.15. The number of carbonyl (C=O) groups excluding carboxylic acids is 1. The van der Waals surface area contributed by atoms with E-state index in [-0.39, 0.29) is 17.5 Å². The first-order chi connectivity index (χ1) is 17.9. The van der Waals surface area contributed by atoms with Crippen molar-refractivity contribution in [2.75, 3.05) is 13.7 Å². The number of nitrogens with zero attached hydrogens (tertiary/aromatic N) is 1. The number of hydrogen-bond acceptors (Lipinski definition) is 4. The Balaban J connectivity index is 1.41. The molecular weight excluding hydrogens is 514 g/mol. The zero-order chi connectivity index (χ0) is 26.2. The molecule has 0 saturated heterocycles. The van der Waals surface area contributed by atoms with Crippen molar-refractivity contribution in [1.82, 2.24) is 10.2 Å². The molecule has 0 aliphatic rings. The van der Waals surface area contributed by atoms with Crippen LogP contribution in [0.25, 0.3) is 0 Å². The van der Waals surface area contributed by atoms with Crippen molar-refractivity contribution in [2.24, 2.45) is 0 Å². The van der Waals surface area contributed by atoms with E-state index in [9.17, 15) is 9.18 Å². The topological polar surface area (TPSA) is 54.7 Å². The molecule has 0 atom stereocenters. The molecule has 0 radical (unpaired) electrons. The van der Waals surface area contributed by atoms with Gasteiger partial charge in [0.1, 0.15) is 17.3 Å². The van der Waals surface area contributed by atoms with Crippen molar-refractivity contribution in [3.8, 4) is 5.75 Å². The standard InChI is InChI=1S/C29H27Cl2FN2O3/c1-36-25-7-3-5-21(15-25)18-34(17-20-4-2-6-24(32)14-20)19-26-10-11-28(37-26)29(35)33-13-12-22-8-9-23(30)16-27(22)31/h2-11,14-16H,12-13,17-19H2,1H3,(H,33,35). The van der Waals surface area contributed by atoms with Crippen LogP contribution in [-0.4, -0.2) is 24.5 Å². The summed E-state index contributed by atoms with van der Waals surface area (Å²) >= 11 is 12.1. The Morgan fingerprint density at radius 2 is 1.70 bits per heavy atom. The van der Waals surface area contributed by atoms with Crippen LogP contribution in [0.1, 0.15) is 33.0 Å². The Bertz CT molecular complexity index is 1360. The van der Waals surface area contributed by atoms with E-state index in [1.54, 1.807) is 37.4 Å². The van der Waals surface area contributed by atoms with E-state index in [1.165, 1.54) is 12.1 Å². The molecule has 4 aromatic rings. The van der Waals surface area contributed by atoms with Gasteiger partial charge in [0.05, 0.1) is 13.7 Å². The fourth-order valence-electron chi connectivity index (χ4n) is 4.02. The summed E-state index contributed by atoms with van der Waals surface area (Å²) in [5.41, 5.74) is 2.78. The molecule has 0 bridgehead atoms. The van der Waals surface area contributed by atoms with Gasteiger partial charge in [-0.3, -0.25) is 9.69 Å². The minimum absolute atomic E-state index is 0.226. The van der Waals surface area contributed by atoms with Gasteiger partial charge < -0.3 is 14.5 Å². The van der Waals surface area contributed by atoms with Gasteiger partial charge in [0.2, 0.25) is 0 Å². The second-order valence-electron chi connectivity index (χ2n) is 8.63. The van der Waals surface area contributed by atoms with Crippen LogP contribution < -0.4 is 10.1 Å². The third-order valence-corrected chi connectivity index (χ3v) is 6.38. The largest absolute Gasteiger partial charge is 0.497 e. The normalized spacial score (nSPS) is 11.1. The van der Waals surface area contributed by atoms with E-state index in [0.29, 0.717) is 48.4 Å². The number of nitrogens with one attached hydrogen (secondary N) is 1. The Morgan fingerprint density at radius 1 is 0.946 bits per heavy atom. The molecule has 0 aliphatic heterocycles. The minimum atomic E-state index is -0.305. The van der Waals surface area contributed by atoms with E-state index in [4.69, 9.17) is 32.4 Å². The first-order valence-electron chi connectivity index (χ1n) is 11.8. The fourth-order valence-corrected chi connectivity index (χ4v) is 4.52. The van der Waals surface area contributed by atoms with Crippen LogP contribution in [0.4, 0.5) is 4.39 Å². The van der Waals surface area contributed by atoms with Crippen LogP contribution in [0.15, 0.2) is 83.3 Å². The Labute approximate surface area is 225 Å². The molecule has 1 N–H and O–H groups in total. The van der Waals surface area contributed by atoms with Gasteiger partial charge in [-0.2, -0.15) is 0 Å². The first-order valence-corrected chi connectivity index (χ1v) is 12.6. The van der Waals surface area contributed by atoms with Crippen molar-refractivity contribution in [3.63, 3.8) is 0 Å². The molecule has 1 amide bonds. The third kappa shape index (κ3) is 7.83. The number of benzene rings is 3. The molecule has 192 valence electrons. The average Bonchev–Trinajstić information content (AvgIpc) is 3.34. The summed E-state index contributed by atoms with van der Waals surface area (Å²) in [6.07, 6.45) is 0.567. The van der Waals surface area contributed by atoms with Crippen molar-refractivity contribution < 1.29 is 18.3 Å². The first kappa shape index (κ1) is 26.7. The molecule has 0 aliphatic carbocycles. The summed E-state index contributed by atoms with van der Waals surface area (Å²) in [7, 11) is 1.63. The number of carbonyl (C=O) groups is 1. The van der Waals surface area contributed by atoms with Crippen LogP contribution in [-0.2, 0) is 26.1 Å². The molecule has 0 saturated carbocycles. The maximum atomic E-state index is 13.8. The quantitative estimate of drug-likeness (QED) is 0.224. The van der Waals surface area contributed by atoms with Crippen LogP contribution in [0, 0.1) is 5.82 Å². The summed E-state index contributed by atoms with van der Waals surface area (Å²) in [6, 6.07) is 23.1. The van der Waals surface area contributed by atoms with Gasteiger partial charge in [-0.25, -0.2) is 4.39 Å². The Hall–Kier alpha value is -3.32. The van der Waals surface area contributed by atoms with Crippen LogP contribution >= 0.6 is 23.2 Å². The van der Waals surface area contributed by atoms with Gasteiger partial charge in [-0.1, -0.05) is 53.5 Å². The van der Waals surface area contributed by atoms with Crippen molar-refractivity contribution in [2.45, 2.75) is 26.1 Å². The van der Waals surface area contributed by atoms with Gasteiger partial charge in [0.15, 0.2) is 5.76 Å². The smallest absolute Gasteiger partial charge is 0.287 e. The lowest BCUT2D eigenvalue weighted by molar-refractivity contribution is 0.0922. The van der Waals surface area contributed by atoms with E-state index in [2.05, 4.69) is 10.2 Å². The number of ether oxygens (including phenoxy) is 1. The van der Waals surface area contributed by atoms with Gasteiger partial charge in [-0.05, 0) is 71.6 Å². The second-order valence-corrected chi connectivity index (χ2v) is 9.48. The highest BCUT2D eigenvalue weighted by molar-refractivity contribution is 6.35. The van der Waals surface area contributed by atoms with Crippen LogP contribution in [0.2, 0.25) is 10.0 Å². The lowest BCUT2D eigenvalue weighted by Gasteiger charge is -2.22. The molecule has 4 rings (SSSR count). The van der Waals surface area contributed by atoms with Crippen LogP contribution in [0.5, 0.6) is 5.75 Å². The van der Waals surface area contributed by atoms with Gasteiger partial charge in [-0.15, -0.1) is 0 Å². The summed E-state index contributed by atoms with van der Waals surface area (Å²) in [6.45, 7) is 1.91. The highest BCUT2D eigenvalue weighted by Crippen LogP contribution is 2.22. The molecule has 8 heteroatoms. The third-order valence-electron chi connectivity index (χ3n) is 5.80. The average molecular weight is 541 g/mol. The minimum Gasteiger partial charge on any atom is -0.497 e. The maximum absolute atomic E-state index is 13.8. The van der Waals surface area contributed by atoms with Crippen molar-refractivity contribution in [1.29, 1.82) is 0 Å². The molecule has 1 aromatic heterocycles. The molecule has 1 heterocycles. The molecular formula is C29H27Cl2FN2O3. The molecule has 5 nitrogen and oxygen atoms in total. The van der Waals surface area contributed by atoms with Crippen LogP contribution in [0.3, 0.4) is 0 Å². The number of halogens is 3. The monoisotopic (exact) mass is 540 g/mol. The second kappa shape index (κ2) is 12.8. The molecule has 3 aromatic carbocycles. The fraction of sp³-hybridized carbons (Fsp3) is 0.207. The molecule has 0 spiro atoms. The maximum Gasteiger partial charge on any atom is 0.287 e. The SMILES string of the molecule is COc1cccc(CN(Cc2cccc(F)c2)Cc2ccc(C(=O)NCCc3ccc(Cl)cc3Cl)o2)c1. The lowest BCUT2D eigenvalue weighted by Crippen LogP contribution is -2.25. The van der Waals surface area contributed by atoms with Crippen molar-refractivity contribution in [3.05, 3.63) is 123 Å². The number of hydrogen-bond donors (Lipinski definition) is 1. The summed E-state index contributed by atoms with van der Waals surface area (Å²) in [5, 5.41) is 4.00. The number of furan rings is 1. The number of rotatable bonds is 11. The van der Waals surface area contributed by atoms with Gasteiger partial charge >= 0.3 is 0 Å². The van der Waals surface area contributed by atoms with Gasteiger partial charge in [0, 0.05) is 29.7 Å². The summed E-state index contributed by atoms with van der Waals surface area (Å²) in [4.78, 5) is 14.8. The highest BCUT2D eigenvalue weighted by atomic mass is 35.5. The van der Waals surface area contributed by atoms with E-state index in [0.717, 1.165) is 22.4 Å². The molecule has 0 unspecified atom stereocenters. The summed E-state index contributed by atoms with van der Waals surface area (Å²) in [5.74, 6) is 1.03. The predicted molar refractivity (Wildman–Crippen MR) is 144 cm³/mol. The van der Waals surface area contributed by atoms with Crippen molar-refractivity contribution >= 4 is 29.1 Å². The zero-order valence-electron chi connectivity index (χ0n) is 20.3. The number of methoxy groups -OCH3 is 1. The Morgan fingerprint density at radius 3 is 2.43 bits per heavy atom. The number of amides is 1. The molecule has 0 fully saturated rings. The van der Waals surface area contributed by atoms with Gasteiger partial charge in [0.25, 0.3) is 5.91 Å². The van der Waals surface area contributed by atoms with E-state index < -0.39 is 0 Å². The Kier molecular flexibility index (Phi) is 9.23.